The van der Waals surface area contributed by atoms with Crippen LogP contribution in [0.3, 0.4) is 0 Å². The number of ether oxygens (including phenoxy) is 1. The van der Waals surface area contributed by atoms with E-state index in [9.17, 15) is 23.4 Å². The van der Waals surface area contributed by atoms with Crippen molar-refractivity contribution in [3.63, 3.8) is 0 Å². The third kappa shape index (κ3) is 8.94. The van der Waals surface area contributed by atoms with E-state index in [4.69, 9.17) is 10.5 Å². The smallest absolute Gasteiger partial charge is 0.226 e. The molecular weight excluding hydrogens is 530 g/mol. The van der Waals surface area contributed by atoms with Crippen molar-refractivity contribution in [2.45, 2.75) is 63.6 Å². The number of unbranched alkanes of at least 4 members (excludes halogenated alkanes) is 2. The molecule has 0 aliphatic carbocycles. The molecule has 0 bridgehead atoms. The van der Waals surface area contributed by atoms with Crippen LogP contribution in [0.2, 0.25) is 0 Å². The van der Waals surface area contributed by atoms with Crippen LogP contribution in [0.5, 0.6) is 0 Å². The predicted molar refractivity (Wildman–Crippen MR) is 146 cm³/mol. The number of amides is 1. The Balaban J connectivity index is 1.50. The van der Waals surface area contributed by atoms with Crippen molar-refractivity contribution in [1.29, 1.82) is 0 Å². The van der Waals surface area contributed by atoms with E-state index in [0.717, 1.165) is 25.6 Å². The zero-order chi connectivity index (χ0) is 28.6. The Labute approximate surface area is 228 Å². The summed E-state index contributed by atoms with van der Waals surface area (Å²) >= 11 is 0. The number of rotatable bonds is 16. The number of nitrogens with zero attached hydrogens (tertiary/aromatic N) is 5. The largest absolute Gasteiger partial charge is 0.387 e. The molecule has 1 fully saturated rings. The molecule has 7 N–H and O–H groups in total. The molecule has 1 aliphatic rings. The normalized spacial score (nSPS) is 21.6. The number of aliphatic hydroxyl groups excluding tert-OH is 2. The van der Waals surface area contributed by atoms with Gasteiger partial charge in [-0.25, -0.2) is 18.1 Å². The molecule has 3 rings (SSSR count). The van der Waals surface area contributed by atoms with Crippen LogP contribution >= 0.6 is 0 Å². The summed E-state index contributed by atoms with van der Waals surface area (Å²) in [6, 6.07) is 0. The number of aliphatic hydroxyl groups is 2. The summed E-state index contributed by atoms with van der Waals surface area (Å²) in [5.74, 6) is 0.261. The Morgan fingerprint density at radius 3 is 2.67 bits per heavy atom. The molecule has 1 unspecified atom stereocenters. The van der Waals surface area contributed by atoms with Crippen molar-refractivity contribution >= 4 is 38.9 Å². The Bertz CT molecular complexity index is 1190. The lowest BCUT2D eigenvalue weighted by Gasteiger charge is -2.22. The molecule has 1 aliphatic heterocycles. The number of nitrogens with one attached hydrogen (secondary N) is 3. The van der Waals surface area contributed by atoms with Crippen LogP contribution in [-0.4, -0.2) is 113 Å². The fraction of sp³-hybridized carbons (Fsp3) is 0.739. The molecule has 15 nitrogen and oxygen atoms in total. The quantitative estimate of drug-likeness (QED) is 0.134. The van der Waals surface area contributed by atoms with E-state index in [0.29, 0.717) is 56.6 Å². The maximum atomic E-state index is 12.0. The van der Waals surface area contributed by atoms with Crippen molar-refractivity contribution in [2.24, 2.45) is 0 Å². The first-order valence-electron chi connectivity index (χ1n) is 13.2. The van der Waals surface area contributed by atoms with Gasteiger partial charge in [0, 0.05) is 32.6 Å². The Hall–Kier alpha value is -2.63. The highest BCUT2D eigenvalue weighted by molar-refractivity contribution is 7.88. The summed E-state index contributed by atoms with van der Waals surface area (Å²) in [5, 5.41) is 27.1. The van der Waals surface area contributed by atoms with E-state index < -0.39 is 34.6 Å². The molecule has 0 aromatic carbocycles. The molecule has 0 spiro atoms. The van der Waals surface area contributed by atoms with Gasteiger partial charge in [0.25, 0.3) is 0 Å². The number of sulfonamides is 1. The highest BCUT2D eigenvalue weighted by Gasteiger charge is 2.44. The number of anilines is 2. The molecule has 220 valence electrons. The number of hydrogen-bond donors (Lipinski definition) is 6. The zero-order valence-electron chi connectivity index (χ0n) is 22.7. The van der Waals surface area contributed by atoms with E-state index >= 15 is 0 Å². The van der Waals surface area contributed by atoms with Crippen LogP contribution in [0.25, 0.3) is 11.2 Å². The number of nitrogen functional groups attached to an aromatic ring is 1. The van der Waals surface area contributed by atoms with Gasteiger partial charge in [0.05, 0.1) is 12.6 Å². The minimum atomic E-state index is -3.19. The number of hydrogen-bond acceptors (Lipinski definition) is 12. The van der Waals surface area contributed by atoms with Crippen LogP contribution in [0.4, 0.5) is 11.8 Å². The summed E-state index contributed by atoms with van der Waals surface area (Å²) in [7, 11) is -1.25. The second kappa shape index (κ2) is 14.1. The minimum Gasteiger partial charge on any atom is -0.387 e. The van der Waals surface area contributed by atoms with E-state index in [-0.39, 0.29) is 17.7 Å². The molecule has 0 radical (unpaired) electrons. The maximum absolute atomic E-state index is 12.0. The number of nitrogens with two attached hydrogens (primary N) is 1. The van der Waals surface area contributed by atoms with Crippen molar-refractivity contribution in [1.82, 2.24) is 34.5 Å². The zero-order valence-corrected chi connectivity index (χ0v) is 23.5. The molecule has 3 heterocycles. The van der Waals surface area contributed by atoms with Gasteiger partial charge in [0.15, 0.2) is 17.7 Å². The van der Waals surface area contributed by atoms with E-state index in [1.165, 1.54) is 6.33 Å². The second-order valence-electron chi connectivity index (χ2n) is 9.82. The van der Waals surface area contributed by atoms with Crippen LogP contribution in [0.15, 0.2) is 6.33 Å². The first-order valence-corrected chi connectivity index (χ1v) is 15.0. The van der Waals surface area contributed by atoms with E-state index in [1.54, 1.807) is 4.57 Å². The average Bonchev–Trinajstić information content (AvgIpc) is 3.40. The molecule has 2 aromatic heterocycles. The van der Waals surface area contributed by atoms with Gasteiger partial charge in [0.2, 0.25) is 21.9 Å². The first-order chi connectivity index (χ1) is 18.5. The molecule has 4 atom stereocenters. The van der Waals surface area contributed by atoms with Gasteiger partial charge in [-0.3, -0.25) is 9.36 Å². The Morgan fingerprint density at radius 1 is 1.18 bits per heavy atom. The summed E-state index contributed by atoms with van der Waals surface area (Å²) in [4.78, 5) is 27.1. The minimum absolute atomic E-state index is 0.105. The van der Waals surface area contributed by atoms with Crippen LogP contribution in [0, 0.1) is 0 Å². The molecule has 16 heteroatoms. The Kier molecular flexibility index (Phi) is 11.2. The average molecular weight is 572 g/mol. The van der Waals surface area contributed by atoms with Gasteiger partial charge >= 0.3 is 0 Å². The Morgan fingerprint density at radius 2 is 1.95 bits per heavy atom. The van der Waals surface area contributed by atoms with Crippen LogP contribution in [-0.2, 0) is 19.6 Å². The third-order valence-corrected chi connectivity index (χ3v) is 7.06. The van der Waals surface area contributed by atoms with Crippen molar-refractivity contribution in [3.05, 3.63) is 6.33 Å². The lowest BCUT2D eigenvalue weighted by Crippen LogP contribution is -2.38. The standard InChI is InChI=1S/C23H41N9O6S/c1-4-12-31(2)13-15-18(34)19(35)22(38-15)32-14-27-17-20(24)29-23(30-21(17)32)26-11-10-25-16(33)8-6-5-7-9-28-39(3,36)37/h14-15,18-19,22,28,34-35H,4-13H2,1-3H3,(H,25,33)(H3,24,26,29,30)/t15-,18-,19-,22?/m1/s1. The van der Waals surface area contributed by atoms with Gasteiger partial charge in [-0.2, -0.15) is 9.97 Å². The lowest BCUT2D eigenvalue weighted by atomic mass is 10.1. The number of likely N-dealkylation sites (N-methyl/N-ethyl adjacent to an activating group) is 1. The van der Waals surface area contributed by atoms with Crippen molar-refractivity contribution < 1.29 is 28.2 Å². The number of fused-ring (bicyclic) bond motifs is 1. The third-order valence-electron chi connectivity index (χ3n) is 6.33. The van der Waals surface area contributed by atoms with E-state index in [1.807, 2.05) is 11.9 Å². The molecule has 0 saturated carbocycles. The number of carbonyl (C=O) groups excluding carboxylic acids is 1. The monoisotopic (exact) mass is 571 g/mol. The summed E-state index contributed by atoms with van der Waals surface area (Å²) in [5.41, 5.74) is 6.78. The fourth-order valence-corrected chi connectivity index (χ4v) is 4.92. The summed E-state index contributed by atoms with van der Waals surface area (Å²) < 4.78 is 32.0. The summed E-state index contributed by atoms with van der Waals surface area (Å²) in [6.07, 6.45) is 2.21. The number of aromatic nitrogens is 4. The second-order valence-corrected chi connectivity index (χ2v) is 11.7. The molecule has 39 heavy (non-hydrogen) atoms. The molecule has 1 saturated heterocycles. The van der Waals surface area contributed by atoms with Crippen molar-refractivity contribution in [2.75, 3.05) is 57.1 Å². The van der Waals surface area contributed by atoms with Gasteiger partial charge in [-0.05, 0) is 32.9 Å². The highest BCUT2D eigenvalue weighted by atomic mass is 32.2. The van der Waals surface area contributed by atoms with Crippen molar-refractivity contribution in [3.8, 4) is 0 Å². The first kappa shape index (κ1) is 30.9. The van der Waals surface area contributed by atoms with Crippen LogP contribution < -0.4 is 21.1 Å². The molecule has 2 aromatic rings. The summed E-state index contributed by atoms with van der Waals surface area (Å²) in [6.45, 7) is 4.40. The molecular formula is C23H41N9O6S. The number of imidazole rings is 1. The number of carbonyl (C=O) groups is 1. The van der Waals surface area contributed by atoms with Gasteiger partial charge in [0.1, 0.15) is 23.8 Å². The highest BCUT2D eigenvalue weighted by Crippen LogP contribution is 2.32. The maximum Gasteiger partial charge on any atom is 0.226 e. The molecule has 1 amide bonds. The predicted octanol–water partition coefficient (Wildman–Crippen LogP) is -0.993. The van der Waals surface area contributed by atoms with E-state index in [2.05, 4.69) is 37.2 Å². The van der Waals surface area contributed by atoms with Gasteiger partial charge in [-0.15, -0.1) is 0 Å². The lowest BCUT2D eigenvalue weighted by molar-refractivity contribution is -0.121. The topological polar surface area (TPSA) is 210 Å². The van der Waals surface area contributed by atoms with Crippen LogP contribution in [0.1, 0.15) is 45.3 Å². The fourth-order valence-electron chi connectivity index (χ4n) is 4.40. The van der Waals surface area contributed by atoms with Gasteiger partial charge in [-0.1, -0.05) is 13.3 Å². The SMILES string of the molecule is CCCN(C)C[C@H]1OC(n2cnc3c(N)nc(NCCNC(=O)CCCCCNS(C)(=O)=O)nc32)[C@H](O)[C@@H]1O. The van der Waals surface area contributed by atoms with Gasteiger partial charge < -0.3 is 36.2 Å².